The molecule has 0 aliphatic rings. The van der Waals surface area contributed by atoms with Crippen molar-refractivity contribution in [3.8, 4) is 0 Å². The SMILES string of the molecule is CCOCCC(N)CO. The monoisotopic (exact) mass is 133 g/mol. The van der Waals surface area contributed by atoms with Gasteiger partial charge in [0, 0.05) is 19.3 Å². The van der Waals surface area contributed by atoms with Crippen LogP contribution in [0.2, 0.25) is 0 Å². The van der Waals surface area contributed by atoms with Crippen LogP contribution in [0.1, 0.15) is 13.3 Å². The summed E-state index contributed by atoms with van der Waals surface area (Å²) in [6.45, 7) is 3.36. The Hall–Kier alpha value is -0.120. The second kappa shape index (κ2) is 6.01. The summed E-state index contributed by atoms with van der Waals surface area (Å²) in [6, 6.07) is -0.114. The molecule has 0 aromatic carbocycles. The lowest BCUT2D eigenvalue weighted by Crippen LogP contribution is -2.25. The topological polar surface area (TPSA) is 55.5 Å². The molecule has 1 unspecified atom stereocenters. The number of hydrogen-bond donors (Lipinski definition) is 2. The zero-order valence-electron chi connectivity index (χ0n) is 5.84. The molecule has 0 aliphatic carbocycles. The van der Waals surface area contributed by atoms with Gasteiger partial charge in [0.15, 0.2) is 0 Å². The van der Waals surface area contributed by atoms with Gasteiger partial charge in [0.1, 0.15) is 0 Å². The minimum Gasteiger partial charge on any atom is -0.395 e. The van der Waals surface area contributed by atoms with Crippen LogP contribution in [-0.4, -0.2) is 31.0 Å². The Labute approximate surface area is 55.8 Å². The van der Waals surface area contributed by atoms with Gasteiger partial charge in [-0.3, -0.25) is 0 Å². The van der Waals surface area contributed by atoms with Crippen LogP contribution in [0.4, 0.5) is 0 Å². The fraction of sp³-hybridized carbons (Fsp3) is 1.00. The number of aliphatic hydroxyl groups is 1. The van der Waals surface area contributed by atoms with Gasteiger partial charge in [-0.05, 0) is 13.3 Å². The van der Waals surface area contributed by atoms with E-state index in [9.17, 15) is 0 Å². The molecule has 0 radical (unpaired) electrons. The highest BCUT2D eigenvalue weighted by molar-refractivity contribution is 4.56. The summed E-state index contributed by atoms with van der Waals surface area (Å²) in [6.07, 6.45) is 0.740. The zero-order chi connectivity index (χ0) is 7.11. The maximum absolute atomic E-state index is 8.45. The first kappa shape index (κ1) is 8.88. The van der Waals surface area contributed by atoms with Crippen molar-refractivity contribution in [3.63, 3.8) is 0 Å². The largest absolute Gasteiger partial charge is 0.395 e. The van der Waals surface area contributed by atoms with Crippen LogP contribution in [0.15, 0.2) is 0 Å². The second-order valence-electron chi connectivity index (χ2n) is 1.93. The molecule has 0 amide bonds. The van der Waals surface area contributed by atoms with Crippen LogP contribution < -0.4 is 5.73 Å². The minimum absolute atomic E-state index is 0.0487. The molecule has 0 aromatic rings. The van der Waals surface area contributed by atoms with Gasteiger partial charge in [-0.1, -0.05) is 0 Å². The molecule has 0 spiro atoms. The normalized spacial score (nSPS) is 13.7. The third kappa shape index (κ3) is 5.76. The molecule has 1 atom stereocenters. The van der Waals surface area contributed by atoms with Gasteiger partial charge in [0.2, 0.25) is 0 Å². The molecule has 0 saturated heterocycles. The van der Waals surface area contributed by atoms with Crippen LogP contribution in [-0.2, 0) is 4.74 Å². The van der Waals surface area contributed by atoms with E-state index in [-0.39, 0.29) is 12.6 Å². The maximum atomic E-state index is 8.45. The molecule has 0 saturated carbocycles. The Morgan fingerprint density at radius 2 is 2.33 bits per heavy atom. The van der Waals surface area contributed by atoms with Gasteiger partial charge in [-0.2, -0.15) is 0 Å². The van der Waals surface area contributed by atoms with E-state index in [1.165, 1.54) is 0 Å². The average molecular weight is 133 g/mol. The molecule has 0 bridgehead atoms. The number of hydrogen-bond acceptors (Lipinski definition) is 3. The molecule has 3 heteroatoms. The molecule has 0 aromatic heterocycles. The lowest BCUT2D eigenvalue weighted by atomic mass is 10.2. The summed E-state index contributed by atoms with van der Waals surface area (Å²) in [5.41, 5.74) is 5.38. The van der Waals surface area contributed by atoms with Gasteiger partial charge < -0.3 is 15.6 Å². The molecule has 9 heavy (non-hydrogen) atoms. The quantitative estimate of drug-likeness (QED) is 0.508. The third-order valence-electron chi connectivity index (χ3n) is 1.07. The molecule has 0 rings (SSSR count). The van der Waals surface area contributed by atoms with E-state index >= 15 is 0 Å². The van der Waals surface area contributed by atoms with Crippen molar-refractivity contribution >= 4 is 0 Å². The summed E-state index contributed by atoms with van der Waals surface area (Å²) in [5.74, 6) is 0. The minimum atomic E-state index is -0.114. The highest BCUT2D eigenvalue weighted by atomic mass is 16.5. The maximum Gasteiger partial charge on any atom is 0.0583 e. The summed E-state index contributed by atoms with van der Waals surface area (Å²) < 4.78 is 5.01. The summed E-state index contributed by atoms with van der Waals surface area (Å²) in [4.78, 5) is 0. The van der Waals surface area contributed by atoms with Crippen LogP contribution >= 0.6 is 0 Å². The van der Waals surface area contributed by atoms with Gasteiger partial charge in [-0.25, -0.2) is 0 Å². The first-order chi connectivity index (χ1) is 4.31. The lowest BCUT2D eigenvalue weighted by molar-refractivity contribution is 0.131. The van der Waals surface area contributed by atoms with E-state index in [1.807, 2.05) is 6.92 Å². The Kier molecular flexibility index (Phi) is 5.93. The van der Waals surface area contributed by atoms with Gasteiger partial charge in [-0.15, -0.1) is 0 Å². The van der Waals surface area contributed by atoms with E-state index in [0.29, 0.717) is 6.61 Å². The Morgan fingerprint density at radius 1 is 1.67 bits per heavy atom. The van der Waals surface area contributed by atoms with Crippen LogP contribution in [0.25, 0.3) is 0 Å². The molecule has 3 nitrogen and oxygen atoms in total. The van der Waals surface area contributed by atoms with E-state index in [2.05, 4.69) is 0 Å². The van der Waals surface area contributed by atoms with Gasteiger partial charge >= 0.3 is 0 Å². The third-order valence-corrected chi connectivity index (χ3v) is 1.07. The van der Waals surface area contributed by atoms with E-state index in [1.54, 1.807) is 0 Å². The lowest BCUT2D eigenvalue weighted by Gasteiger charge is -2.06. The standard InChI is InChI=1S/C6H15NO2/c1-2-9-4-3-6(7)5-8/h6,8H,2-5,7H2,1H3. The van der Waals surface area contributed by atoms with Crippen molar-refractivity contribution < 1.29 is 9.84 Å². The first-order valence-corrected chi connectivity index (χ1v) is 3.25. The molecular formula is C6H15NO2. The van der Waals surface area contributed by atoms with E-state index in [4.69, 9.17) is 15.6 Å². The number of rotatable bonds is 5. The van der Waals surface area contributed by atoms with Crippen molar-refractivity contribution in [2.24, 2.45) is 5.73 Å². The summed E-state index contributed by atoms with van der Waals surface area (Å²) in [5, 5.41) is 8.45. The molecule has 56 valence electrons. The molecule has 0 heterocycles. The van der Waals surface area contributed by atoms with Crippen molar-refractivity contribution in [1.29, 1.82) is 0 Å². The first-order valence-electron chi connectivity index (χ1n) is 3.25. The molecule has 3 N–H and O–H groups in total. The predicted octanol–water partition coefficient (Wildman–Crippen LogP) is -0.267. The summed E-state index contributed by atoms with van der Waals surface area (Å²) in [7, 11) is 0. The zero-order valence-corrected chi connectivity index (χ0v) is 5.84. The highest BCUT2D eigenvalue weighted by Crippen LogP contribution is 1.86. The van der Waals surface area contributed by atoms with Crippen molar-refractivity contribution in [2.75, 3.05) is 19.8 Å². The highest BCUT2D eigenvalue weighted by Gasteiger charge is 1.97. The Morgan fingerprint density at radius 3 is 2.78 bits per heavy atom. The predicted molar refractivity (Wildman–Crippen MR) is 36.2 cm³/mol. The van der Waals surface area contributed by atoms with Crippen molar-refractivity contribution in [2.45, 2.75) is 19.4 Å². The summed E-state index contributed by atoms with van der Waals surface area (Å²) >= 11 is 0. The van der Waals surface area contributed by atoms with Crippen molar-refractivity contribution in [3.05, 3.63) is 0 Å². The smallest absolute Gasteiger partial charge is 0.0583 e. The molecule has 0 fully saturated rings. The van der Waals surface area contributed by atoms with E-state index < -0.39 is 0 Å². The molecular weight excluding hydrogens is 118 g/mol. The number of aliphatic hydroxyl groups excluding tert-OH is 1. The fourth-order valence-corrected chi connectivity index (χ4v) is 0.470. The van der Waals surface area contributed by atoms with Crippen LogP contribution in [0.5, 0.6) is 0 Å². The number of ether oxygens (including phenoxy) is 1. The Bertz CT molecular complexity index is 59.0. The average Bonchev–Trinajstić information content (AvgIpc) is 1.89. The number of nitrogens with two attached hydrogens (primary N) is 1. The molecule has 0 aliphatic heterocycles. The fourth-order valence-electron chi connectivity index (χ4n) is 0.470. The van der Waals surface area contributed by atoms with Gasteiger partial charge in [0.05, 0.1) is 6.61 Å². The van der Waals surface area contributed by atoms with Crippen molar-refractivity contribution in [1.82, 2.24) is 0 Å². The van der Waals surface area contributed by atoms with Crippen LogP contribution in [0, 0.1) is 0 Å². The Balaban J connectivity index is 2.88. The van der Waals surface area contributed by atoms with E-state index in [0.717, 1.165) is 13.0 Å². The van der Waals surface area contributed by atoms with Gasteiger partial charge in [0.25, 0.3) is 0 Å². The second-order valence-corrected chi connectivity index (χ2v) is 1.93. The van der Waals surface area contributed by atoms with Crippen LogP contribution in [0.3, 0.4) is 0 Å².